The number of benzene rings is 1. The Labute approximate surface area is 136 Å². The molecule has 0 bridgehead atoms. The van der Waals surface area contributed by atoms with Crippen molar-refractivity contribution in [1.29, 1.82) is 0 Å². The summed E-state index contributed by atoms with van der Waals surface area (Å²) in [4.78, 5) is 14.6. The fourth-order valence-electron chi connectivity index (χ4n) is 2.47. The molecule has 0 aliphatic carbocycles. The second kappa shape index (κ2) is 6.67. The van der Waals surface area contributed by atoms with Crippen molar-refractivity contribution in [3.8, 4) is 0 Å². The topological polar surface area (TPSA) is 50.5 Å². The van der Waals surface area contributed by atoms with E-state index >= 15 is 0 Å². The van der Waals surface area contributed by atoms with Gasteiger partial charge in [0.25, 0.3) is 5.91 Å². The maximum absolute atomic E-state index is 12.3. The van der Waals surface area contributed by atoms with E-state index in [1.165, 1.54) is 0 Å². The van der Waals surface area contributed by atoms with E-state index in [1.807, 2.05) is 0 Å². The van der Waals surface area contributed by atoms with E-state index in [0.29, 0.717) is 21.4 Å². The van der Waals surface area contributed by atoms with Gasteiger partial charge in [-0.3, -0.25) is 9.00 Å². The quantitative estimate of drug-likeness (QED) is 0.858. The minimum Gasteiger partial charge on any atom is -0.455 e. The van der Waals surface area contributed by atoms with Gasteiger partial charge in [0.2, 0.25) is 0 Å². The predicted molar refractivity (Wildman–Crippen MR) is 85.4 cm³/mol. The van der Waals surface area contributed by atoms with Crippen LogP contribution in [0.2, 0.25) is 5.02 Å². The fourth-order valence-corrected chi connectivity index (χ4v) is 3.79. The van der Waals surface area contributed by atoms with Crippen molar-refractivity contribution in [2.45, 2.75) is 23.5 Å². The van der Waals surface area contributed by atoms with Gasteiger partial charge in [0.15, 0.2) is 5.76 Å². The fraction of sp³-hybridized carbons (Fsp3) is 0.312. The third kappa shape index (κ3) is 3.42. The Morgan fingerprint density at radius 1 is 1.23 bits per heavy atom. The van der Waals surface area contributed by atoms with Crippen LogP contribution in [0.3, 0.4) is 0 Å². The second-order valence-corrected chi connectivity index (χ2v) is 7.10. The van der Waals surface area contributed by atoms with Gasteiger partial charge in [-0.25, -0.2) is 0 Å². The first-order chi connectivity index (χ1) is 10.6. The Hall–Kier alpha value is -1.59. The number of amides is 1. The van der Waals surface area contributed by atoms with Gasteiger partial charge in [-0.1, -0.05) is 17.7 Å². The van der Waals surface area contributed by atoms with Crippen LogP contribution in [0, 0.1) is 0 Å². The highest BCUT2D eigenvalue weighted by Crippen LogP contribution is 2.20. The summed E-state index contributed by atoms with van der Waals surface area (Å²) >= 11 is 5.90. The normalized spacial score (nSPS) is 16.0. The Balaban J connectivity index is 1.69. The first-order valence-corrected chi connectivity index (χ1v) is 8.85. The number of rotatable bonds is 4. The van der Waals surface area contributed by atoms with Crippen molar-refractivity contribution in [2.75, 3.05) is 13.1 Å². The maximum atomic E-state index is 12.3. The SMILES string of the molecule is O=C(c1ccc(CS(=O)c2cccc(Cl)c2)o1)N1CCCC1. The van der Waals surface area contributed by atoms with E-state index < -0.39 is 10.8 Å². The Bertz CT molecular complexity index is 707. The summed E-state index contributed by atoms with van der Waals surface area (Å²) < 4.78 is 17.9. The lowest BCUT2D eigenvalue weighted by Crippen LogP contribution is -2.27. The summed E-state index contributed by atoms with van der Waals surface area (Å²) in [5.74, 6) is 1.01. The van der Waals surface area contributed by atoms with Crippen molar-refractivity contribution in [1.82, 2.24) is 4.90 Å². The van der Waals surface area contributed by atoms with Crippen LogP contribution in [0.1, 0.15) is 29.2 Å². The van der Waals surface area contributed by atoms with E-state index in [2.05, 4.69) is 0 Å². The summed E-state index contributed by atoms with van der Waals surface area (Å²) in [5.41, 5.74) is 0. The maximum Gasteiger partial charge on any atom is 0.289 e. The molecule has 0 N–H and O–H groups in total. The van der Waals surface area contributed by atoms with Crippen molar-refractivity contribution in [2.24, 2.45) is 0 Å². The van der Waals surface area contributed by atoms with Crippen LogP contribution >= 0.6 is 11.6 Å². The largest absolute Gasteiger partial charge is 0.455 e. The third-order valence-corrected chi connectivity index (χ3v) is 5.16. The molecule has 1 aliphatic rings. The van der Waals surface area contributed by atoms with E-state index in [-0.39, 0.29) is 11.7 Å². The predicted octanol–water partition coefficient (Wildman–Crippen LogP) is 3.48. The van der Waals surface area contributed by atoms with E-state index in [4.69, 9.17) is 16.0 Å². The molecule has 2 aromatic rings. The van der Waals surface area contributed by atoms with Gasteiger partial charge >= 0.3 is 0 Å². The van der Waals surface area contributed by atoms with Crippen LogP contribution in [0.25, 0.3) is 0 Å². The highest BCUT2D eigenvalue weighted by atomic mass is 35.5. The molecule has 1 atom stereocenters. The minimum absolute atomic E-state index is 0.0858. The zero-order chi connectivity index (χ0) is 15.5. The van der Waals surface area contributed by atoms with Crippen molar-refractivity contribution in [3.63, 3.8) is 0 Å². The first-order valence-electron chi connectivity index (χ1n) is 7.15. The Kier molecular flexibility index (Phi) is 4.64. The number of hydrogen-bond acceptors (Lipinski definition) is 3. The molecule has 1 aliphatic heterocycles. The van der Waals surface area contributed by atoms with Crippen LogP contribution in [-0.2, 0) is 16.6 Å². The average Bonchev–Trinajstić information content (AvgIpc) is 3.18. The van der Waals surface area contributed by atoms with Crippen LogP contribution in [0.15, 0.2) is 45.7 Å². The molecule has 4 nitrogen and oxygen atoms in total. The number of halogens is 1. The zero-order valence-corrected chi connectivity index (χ0v) is 13.5. The molecule has 116 valence electrons. The zero-order valence-electron chi connectivity index (χ0n) is 12.0. The molecule has 0 radical (unpaired) electrons. The molecule has 1 fully saturated rings. The second-order valence-electron chi connectivity index (χ2n) is 5.21. The highest BCUT2D eigenvalue weighted by molar-refractivity contribution is 7.84. The molecule has 0 saturated carbocycles. The molecular weight excluding hydrogens is 322 g/mol. The standard InChI is InChI=1S/C16H16ClNO3S/c17-12-4-3-5-14(10-12)22(20)11-13-6-7-15(21-13)16(19)18-8-1-2-9-18/h3-7,10H,1-2,8-9,11H2. The lowest BCUT2D eigenvalue weighted by molar-refractivity contribution is 0.0759. The average molecular weight is 338 g/mol. The van der Waals surface area contributed by atoms with Crippen molar-refractivity contribution >= 4 is 28.3 Å². The minimum atomic E-state index is -1.25. The monoisotopic (exact) mass is 337 g/mol. The van der Waals surface area contributed by atoms with E-state index in [0.717, 1.165) is 25.9 Å². The van der Waals surface area contributed by atoms with Gasteiger partial charge < -0.3 is 9.32 Å². The number of carbonyl (C=O) groups is 1. The molecular formula is C16H16ClNO3S. The molecule has 2 heterocycles. The van der Waals surface area contributed by atoms with Crippen LogP contribution in [0.5, 0.6) is 0 Å². The molecule has 1 aromatic heterocycles. The van der Waals surface area contributed by atoms with Gasteiger partial charge in [-0.15, -0.1) is 0 Å². The third-order valence-electron chi connectivity index (χ3n) is 3.60. The smallest absolute Gasteiger partial charge is 0.289 e. The molecule has 3 rings (SSSR count). The van der Waals surface area contributed by atoms with Crippen LogP contribution in [0.4, 0.5) is 0 Å². The lowest BCUT2D eigenvalue weighted by atomic mass is 10.4. The number of likely N-dealkylation sites (tertiary alicyclic amines) is 1. The Morgan fingerprint density at radius 2 is 2.00 bits per heavy atom. The van der Waals surface area contributed by atoms with Gasteiger partial charge in [0, 0.05) is 23.0 Å². The van der Waals surface area contributed by atoms with E-state index in [9.17, 15) is 9.00 Å². The summed E-state index contributed by atoms with van der Waals surface area (Å²) in [6.45, 7) is 1.56. The van der Waals surface area contributed by atoms with Crippen LogP contribution in [-0.4, -0.2) is 28.1 Å². The molecule has 22 heavy (non-hydrogen) atoms. The van der Waals surface area contributed by atoms with E-state index in [1.54, 1.807) is 41.3 Å². The number of furan rings is 1. The number of hydrogen-bond donors (Lipinski definition) is 0. The molecule has 1 aromatic carbocycles. The summed E-state index contributed by atoms with van der Waals surface area (Å²) in [6.07, 6.45) is 2.08. The van der Waals surface area contributed by atoms with Gasteiger partial charge in [-0.2, -0.15) is 0 Å². The first kappa shape index (κ1) is 15.3. The molecule has 1 saturated heterocycles. The van der Waals surface area contributed by atoms with Gasteiger partial charge in [-0.05, 0) is 43.2 Å². The molecule has 1 amide bonds. The highest BCUT2D eigenvalue weighted by Gasteiger charge is 2.22. The summed E-state index contributed by atoms with van der Waals surface area (Å²) in [5, 5.41) is 0.551. The van der Waals surface area contributed by atoms with Crippen molar-refractivity contribution in [3.05, 3.63) is 52.9 Å². The Morgan fingerprint density at radius 3 is 2.73 bits per heavy atom. The summed E-state index contributed by atoms with van der Waals surface area (Å²) in [7, 11) is -1.25. The lowest BCUT2D eigenvalue weighted by Gasteiger charge is -2.12. The molecule has 6 heteroatoms. The van der Waals surface area contributed by atoms with Crippen molar-refractivity contribution < 1.29 is 13.4 Å². The van der Waals surface area contributed by atoms with Crippen LogP contribution < -0.4 is 0 Å². The molecule has 1 unspecified atom stereocenters. The summed E-state index contributed by atoms with van der Waals surface area (Å²) in [6, 6.07) is 10.3. The van der Waals surface area contributed by atoms with Gasteiger partial charge in [0.05, 0.1) is 16.6 Å². The van der Waals surface area contributed by atoms with Gasteiger partial charge in [0.1, 0.15) is 5.76 Å². The molecule has 0 spiro atoms. The number of nitrogens with zero attached hydrogens (tertiary/aromatic N) is 1. The number of carbonyl (C=O) groups excluding carboxylic acids is 1.